The lowest BCUT2D eigenvalue weighted by atomic mass is 10.1. The molecule has 2 rings (SSSR count). The number of thioether (sulfide) groups is 1. The van der Waals surface area contributed by atoms with Gasteiger partial charge in [-0.2, -0.15) is 0 Å². The Bertz CT molecular complexity index is 644. The van der Waals surface area contributed by atoms with E-state index in [4.69, 9.17) is 16.3 Å². The Kier molecular flexibility index (Phi) is 6.16. The molecule has 1 amide bonds. The lowest BCUT2D eigenvalue weighted by Gasteiger charge is -2.09. The molecule has 5 heteroatoms. The van der Waals surface area contributed by atoms with Crippen LogP contribution in [-0.2, 0) is 10.5 Å². The van der Waals surface area contributed by atoms with Gasteiger partial charge in [0.2, 0.25) is 5.91 Å². The molecule has 0 unspecified atom stereocenters. The van der Waals surface area contributed by atoms with Gasteiger partial charge in [-0.15, -0.1) is 11.8 Å². The first-order valence-electron chi connectivity index (χ1n) is 6.85. The number of nitrogens with one attached hydrogen (secondary N) is 1. The summed E-state index contributed by atoms with van der Waals surface area (Å²) in [5.41, 5.74) is 3.04. The Hall–Kier alpha value is -1.65. The van der Waals surface area contributed by atoms with Crippen LogP contribution in [0.2, 0.25) is 5.02 Å². The zero-order valence-corrected chi connectivity index (χ0v) is 14.1. The van der Waals surface area contributed by atoms with Crippen LogP contribution < -0.4 is 10.1 Å². The minimum Gasteiger partial charge on any atom is -0.496 e. The van der Waals surface area contributed by atoms with E-state index in [-0.39, 0.29) is 5.91 Å². The van der Waals surface area contributed by atoms with Crippen molar-refractivity contribution < 1.29 is 9.53 Å². The summed E-state index contributed by atoms with van der Waals surface area (Å²) in [5.74, 6) is 1.95. The fourth-order valence-electron chi connectivity index (χ4n) is 2.00. The van der Waals surface area contributed by atoms with Crippen molar-refractivity contribution in [2.24, 2.45) is 0 Å². The Morgan fingerprint density at radius 3 is 2.64 bits per heavy atom. The Balaban J connectivity index is 1.84. The van der Waals surface area contributed by atoms with E-state index in [2.05, 4.69) is 11.4 Å². The zero-order valence-electron chi connectivity index (χ0n) is 12.6. The molecule has 0 saturated carbocycles. The molecule has 0 aliphatic rings. The van der Waals surface area contributed by atoms with Crippen LogP contribution in [-0.4, -0.2) is 18.8 Å². The molecular weight excluding hydrogens is 318 g/mol. The monoisotopic (exact) mass is 335 g/mol. The van der Waals surface area contributed by atoms with Gasteiger partial charge in [-0.3, -0.25) is 4.79 Å². The molecule has 0 aliphatic heterocycles. The van der Waals surface area contributed by atoms with E-state index in [9.17, 15) is 4.79 Å². The van der Waals surface area contributed by atoms with E-state index in [0.717, 1.165) is 22.8 Å². The maximum Gasteiger partial charge on any atom is 0.234 e. The van der Waals surface area contributed by atoms with E-state index in [1.807, 2.05) is 19.1 Å². The molecule has 3 nitrogen and oxygen atoms in total. The van der Waals surface area contributed by atoms with Gasteiger partial charge in [0, 0.05) is 22.0 Å². The molecule has 2 aromatic carbocycles. The first kappa shape index (κ1) is 16.7. The van der Waals surface area contributed by atoms with Gasteiger partial charge in [-0.05, 0) is 37.3 Å². The van der Waals surface area contributed by atoms with Crippen LogP contribution in [0.25, 0.3) is 0 Å². The fraction of sp³-hybridized carbons (Fsp3) is 0.235. The van der Waals surface area contributed by atoms with Crippen LogP contribution >= 0.6 is 23.4 Å². The fourth-order valence-corrected chi connectivity index (χ4v) is 2.94. The summed E-state index contributed by atoms with van der Waals surface area (Å²) in [6, 6.07) is 13.1. The average molecular weight is 336 g/mol. The summed E-state index contributed by atoms with van der Waals surface area (Å²) in [4.78, 5) is 11.9. The summed E-state index contributed by atoms with van der Waals surface area (Å²) in [6.45, 7) is 2.04. The standard InChI is InChI=1S/C17H18ClNO2S/c1-12-3-8-16(21-2)13(9-12)10-22-11-17(20)19-15-6-4-14(18)5-7-15/h3-9H,10-11H2,1-2H3,(H,19,20). The summed E-state index contributed by atoms with van der Waals surface area (Å²) in [7, 11) is 1.66. The van der Waals surface area contributed by atoms with Gasteiger partial charge in [0.25, 0.3) is 0 Å². The Morgan fingerprint density at radius 1 is 1.23 bits per heavy atom. The number of amides is 1. The van der Waals surface area contributed by atoms with Gasteiger partial charge in [-0.1, -0.05) is 29.3 Å². The van der Waals surface area contributed by atoms with E-state index >= 15 is 0 Å². The molecule has 2 aromatic rings. The molecule has 0 fully saturated rings. The van der Waals surface area contributed by atoms with E-state index in [1.165, 1.54) is 5.56 Å². The molecule has 0 bridgehead atoms. The molecule has 0 saturated heterocycles. The second-order valence-electron chi connectivity index (χ2n) is 4.86. The number of carbonyl (C=O) groups excluding carboxylic acids is 1. The summed E-state index contributed by atoms with van der Waals surface area (Å²) < 4.78 is 5.34. The van der Waals surface area contributed by atoms with Crippen LogP contribution in [0.3, 0.4) is 0 Å². The van der Waals surface area contributed by atoms with Crippen LogP contribution in [0.1, 0.15) is 11.1 Å². The number of halogens is 1. The predicted octanol–water partition coefficient (Wildman–Crippen LogP) is 4.53. The number of aryl methyl sites for hydroxylation is 1. The van der Waals surface area contributed by atoms with Crippen molar-refractivity contribution in [1.29, 1.82) is 0 Å². The first-order valence-corrected chi connectivity index (χ1v) is 8.38. The number of benzene rings is 2. The zero-order chi connectivity index (χ0) is 15.9. The average Bonchev–Trinajstić information content (AvgIpc) is 2.50. The highest BCUT2D eigenvalue weighted by Crippen LogP contribution is 2.24. The van der Waals surface area contributed by atoms with Crippen molar-refractivity contribution >= 4 is 35.0 Å². The molecular formula is C17H18ClNO2S. The second-order valence-corrected chi connectivity index (χ2v) is 6.29. The minimum absolute atomic E-state index is 0.0288. The van der Waals surface area contributed by atoms with Crippen LogP contribution in [0.4, 0.5) is 5.69 Å². The van der Waals surface area contributed by atoms with Crippen LogP contribution in [0.5, 0.6) is 5.75 Å². The highest BCUT2D eigenvalue weighted by molar-refractivity contribution is 7.99. The van der Waals surface area contributed by atoms with Crippen molar-refractivity contribution in [3.63, 3.8) is 0 Å². The summed E-state index contributed by atoms with van der Waals surface area (Å²) in [5, 5.41) is 3.50. The number of rotatable bonds is 6. The first-order chi connectivity index (χ1) is 10.6. The van der Waals surface area contributed by atoms with Crippen molar-refractivity contribution in [2.75, 3.05) is 18.2 Å². The van der Waals surface area contributed by atoms with Gasteiger partial charge in [-0.25, -0.2) is 0 Å². The third-order valence-corrected chi connectivity index (χ3v) is 4.29. The highest BCUT2D eigenvalue weighted by Gasteiger charge is 2.06. The van der Waals surface area contributed by atoms with Gasteiger partial charge < -0.3 is 10.1 Å². The minimum atomic E-state index is -0.0288. The lowest BCUT2D eigenvalue weighted by molar-refractivity contribution is -0.113. The third kappa shape index (κ3) is 4.97. The second kappa shape index (κ2) is 8.11. The van der Waals surface area contributed by atoms with Gasteiger partial charge in [0.1, 0.15) is 5.75 Å². The Labute approximate surface area is 140 Å². The number of methoxy groups -OCH3 is 1. The number of anilines is 1. The van der Waals surface area contributed by atoms with Crippen molar-refractivity contribution in [3.8, 4) is 5.75 Å². The van der Waals surface area contributed by atoms with Crippen LogP contribution in [0.15, 0.2) is 42.5 Å². The molecule has 1 N–H and O–H groups in total. The molecule has 0 radical (unpaired) electrons. The number of ether oxygens (including phenoxy) is 1. The molecule has 0 aliphatic carbocycles. The number of carbonyl (C=O) groups is 1. The van der Waals surface area contributed by atoms with Crippen LogP contribution in [0, 0.1) is 6.92 Å². The van der Waals surface area contributed by atoms with Gasteiger partial charge >= 0.3 is 0 Å². The smallest absolute Gasteiger partial charge is 0.234 e. The lowest BCUT2D eigenvalue weighted by Crippen LogP contribution is -2.14. The van der Waals surface area contributed by atoms with Gasteiger partial charge in [0.05, 0.1) is 12.9 Å². The van der Waals surface area contributed by atoms with Crippen molar-refractivity contribution in [3.05, 3.63) is 58.6 Å². The van der Waals surface area contributed by atoms with E-state index in [0.29, 0.717) is 10.8 Å². The highest BCUT2D eigenvalue weighted by atomic mass is 35.5. The molecule has 116 valence electrons. The SMILES string of the molecule is COc1ccc(C)cc1CSCC(=O)Nc1ccc(Cl)cc1. The maximum absolute atomic E-state index is 11.9. The predicted molar refractivity (Wildman–Crippen MR) is 94.0 cm³/mol. The summed E-state index contributed by atoms with van der Waals surface area (Å²) in [6.07, 6.45) is 0. The molecule has 0 atom stereocenters. The van der Waals surface area contributed by atoms with E-state index in [1.54, 1.807) is 43.1 Å². The quantitative estimate of drug-likeness (QED) is 0.843. The third-order valence-electron chi connectivity index (χ3n) is 3.05. The molecule has 22 heavy (non-hydrogen) atoms. The molecule has 0 aromatic heterocycles. The number of hydrogen-bond donors (Lipinski definition) is 1. The number of hydrogen-bond acceptors (Lipinski definition) is 3. The van der Waals surface area contributed by atoms with Crippen molar-refractivity contribution in [2.45, 2.75) is 12.7 Å². The normalized spacial score (nSPS) is 10.3. The topological polar surface area (TPSA) is 38.3 Å². The largest absolute Gasteiger partial charge is 0.496 e. The molecule has 0 spiro atoms. The van der Waals surface area contributed by atoms with Crippen molar-refractivity contribution in [1.82, 2.24) is 0 Å². The Morgan fingerprint density at radius 2 is 1.95 bits per heavy atom. The van der Waals surface area contributed by atoms with Gasteiger partial charge in [0.15, 0.2) is 0 Å². The maximum atomic E-state index is 11.9. The van der Waals surface area contributed by atoms with E-state index < -0.39 is 0 Å². The summed E-state index contributed by atoms with van der Waals surface area (Å²) >= 11 is 7.37. The molecule has 0 heterocycles.